The highest BCUT2D eigenvalue weighted by Crippen LogP contribution is 2.47. The van der Waals surface area contributed by atoms with Crippen LogP contribution in [0.1, 0.15) is 38.5 Å². The van der Waals surface area contributed by atoms with Crippen molar-refractivity contribution in [2.24, 2.45) is 0 Å². The van der Waals surface area contributed by atoms with Gasteiger partial charge in [0.05, 0.1) is 5.02 Å². The van der Waals surface area contributed by atoms with Gasteiger partial charge in [-0.3, -0.25) is 9.59 Å². The highest BCUT2D eigenvalue weighted by molar-refractivity contribution is 6.30. The summed E-state index contributed by atoms with van der Waals surface area (Å²) in [6.45, 7) is -0.207. The Morgan fingerprint density at radius 1 is 0.970 bits per heavy atom. The Labute approximate surface area is 195 Å². The summed E-state index contributed by atoms with van der Waals surface area (Å²) in [5.74, 6) is 0.239. The number of nitrogens with one attached hydrogen (secondary N) is 2. The van der Waals surface area contributed by atoms with Gasteiger partial charge in [0.2, 0.25) is 0 Å². The van der Waals surface area contributed by atoms with Crippen LogP contribution in [-0.4, -0.2) is 35.8 Å². The van der Waals surface area contributed by atoms with E-state index >= 15 is 0 Å². The van der Waals surface area contributed by atoms with Gasteiger partial charge in [0.15, 0.2) is 18.1 Å². The van der Waals surface area contributed by atoms with Crippen molar-refractivity contribution in [3.8, 4) is 17.2 Å². The Bertz CT molecular complexity index is 1040. The van der Waals surface area contributed by atoms with Gasteiger partial charge in [-0.15, -0.1) is 0 Å². The molecule has 4 aliphatic rings. The van der Waals surface area contributed by atoms with Crippen LogP contribution in [0.25, 0.3) is 0 Å². The fraction of sp³-hybridized carbons (Fsp3) is 0.417. The molecule has 1 aliphatic heterocycles. The maximum absolute atomic E-state index is 13.5. The summed E-state index contributed by atoms with van der Waals surface area (Å²) in [5.41, 5.74) is -0.628. The molecule has 2 aromatic carbocycles. The number of hydrogen-bond acceptors (Lipinski definition) is 5. The van der Waals surface area contributed by atoms with E-state index in [1.807, 2.05) is 12.1 Å². The van der Waals surface area contributed by atoms with Gasteiger partial charge in [-0.2, -0.15) is 0 Å². The summed E-state index contributed by atoms with van der Waals surface area (Å²) in [6.07, 6.45) is 3.52. The van der Waals surface area contributed by atoms with Gasteiger partial charge < -0.3 is 24.8 Å². The van der Waals surface area contributed by atoms with Crippen LogP contribution in [0, 0.1) is 5.82 Å². The van der Waals surface area contributed by atoms with Crippen molar-refractivity contribution in [2.45, 2.75) is 55.9 Å². The molecule has 7 nitrogen and oxygen atoms in total. The molecule has 6 rings (SSSR count). The van der Waals surface area contributed by atoms with Crippen LogP contribution in [-0.2, 0) is 9.59 Å². The largest absolute Gasteiger partial charge is 0.484 e. The molecule has 2 aromatic rings. The summed E-state index contributed by atoms with van der Waals surface area (Å²) in [7, 11) is 0. The molecular weight excluding hydrogens is 451 g/mol. The highest BCUT2D eigenvalue weighted by Gasteiger charge is 2.51. The molecule has 0 unspecified atom stereocenters. The minimum atomic E-state index is -0.986. The number of fused-ring (bicyclic) bond motifs is 4. The first-order valence-corrected chi connectivity index (χ1v) is 11.4. The van der Waals surface area contributed by atoms with Crippen molar-refractivity contribution in [1.29, 1.82) is 0 Å². The lowest BCUT2D eigenvalue weighted by Gasteiger charge is -2.53. The topological polar surface area (TPSA) is 85.9 Å². The summed E-state index contributed by atoms with van der Waals surface area (Å²) in [4.78, 5) is 25.3. The van der Waals surface area contributed by atoms with E-state index in [1.54, 1.807) is 12.1 Å². The lowest BCUT2D eigenvalue weighted by atomic mass is 9.61. The molecule has 2 N–H and O–H groups in total. The number of carbonyl (C=O) groups is 2. The first-order valence-electron chi connectivity index (χ1n) is 11.0. The third-order valence-corrected chi connectivity index (χ3v) is 7.14. The van der Waals surface area contributed by atoms with E-state index in [2.05, 4.69) is 10.6 Å². The molecular formula is C24H24ClFN2O5. The molecule has 2 bridgehead atoms. The molecule has 0 saturated heterocycles. The Morgan fingerprint density at radius 3 is 2.12 bits per heavy atom. The zero-order valence-electron chi connectivity index (χ0n) is 17.9. The minimum Gasteiger partial charge on any atom is -0.484 e. The van der Waals surface area contributed by atoms with Crippen molar-refractivity contribution in [1.82, 2.24) is 10.6 Å². The molecule has 0 radical (unpaired) electrons. The van der Waals surface area contributed by atoms with Gasteiger partial charge in [-0.25, -0.2) is 4.39 Å². The molecule has 3 saturated carbocycles. The Hall–Kier alpha value is -3.00. The number of rotatable bonds is 6. The summed E-state index contributed by atoms with van der Waals surface area (Å²) in [6, 6.07) is 11.3. The quantitative estimate of drug-likeness (QED) is 0.666. The second-order valence-electron chi connectivity index (χ2n) is 8.98. The first kappa shape index (κ1) is 21.8. The molecule has 3 fully saturated rings. The number of benzene rings is 2. The van der Waals surface area contributed by atoms with Gasteiger partial charge in [0.25, 0.3) is 5.91 Å². The molecule has 174 valence electrons. The summed E-state index contributed by atoms with van der Waals surface area (Å²) < 4.78 is 30.2. The van der Waals surface area contributed by atoms with Crippen LogP contribution >= 0.6 is 11.6 Å². The Morgan fingerprint density at radius 2 is 1.55 bits per heavy atom. The number of para-hydroxylation sites is 2. The van der Waals surface area contributed by atoms with E-state index < -0.39 is 12.1 Å². The molecule has 0 spiro atoms. The van der Waals surface area contributed by atoms with Gasteiger partial charge in [-0.05, 0) is 62.8 Å². The minimum absolute atomic E-state index is 0.00118. The normalized spacial score (nSPS) is 25.5. The average molecular weight is 475 g/mol. The van der Waals surface area contributed by atoms with Gasteiger partial charge in [-0.1, -0.05) is 23.7 Å². The predicted octanol–water partition coefficient (Wildman–Crippen LogP) is 3.73. The fourth-order valence-corrected chi connectivity index (χ4v) is 5.05. The van der Waals surface area contributed by atoms with Crippen molar-refractivity contribution < 1.29 is 28.2 Å². The third kappa shape index (κ3) is 4.44. The van der Waals surface area contributed by atoms with E-state index in [1.165, 1.54) is 12.1 Å². The Balaban J connectivity index is 1.12. The fourth-order valence-electron chi connectivity index (χ4n) is 4.93. The number of halogens is 2. The zero-order chi connectivity index (χ0) is 23.1. The molecule has 0 aromatic heterocycles. The van der Waals surface area contributed by atoms with E-state index in [-0.39, 0.29) is 40.3 Å². The van der Waals surface area contributed by atoms with E-state index in [9.17, 15) is 14.0 Å². The highest BCUT2D eigenvalue weighted by atomic mass is 35.5. The summed E-state index contributed by atoms with van der Waals surface area (Å²) in [5, 5.41) is 6.26. The number of amides is 2. The zero-order valence-corrected chi connectivity index (χ0v) is 18.6. The lowest BCUT2D eigenvalue weighted by molar-refractivity contribution is -0.141. The summed E-state index contributed by atoms with van der Waals surface area (Å²) >= 11 is 5.66. The van der Waals surface area contributed by atoms with Gasteiger partial charge >= 0.3 is 12.2 Å². The maximum atomic E-state index is 13.5. The standard InChI is InChI=1S/C24H24ClFN2O5/c25-16-6-5-15(13-17(16)26)31-14-20(29)27-23-7-10-24(11-8-23,12-9-23)28-21(30)22-32-18-3-1-2-4-19(18)33-22/h1-6,13,22H,7-12,14H2,(H,27,29)(H,28,30). The first-order chi connectivity index (χ1) is 15.9. The van der Waals surface area contributed by atoms with Gasteiger partial charge in [0, 0.05) is 17.1 Å². The van der Waals surface area contributed by atoms with Crippen LogP contribution < -0.4 is 24.8 Å². The second-order valence-corrected chi connectivity index (χ2v) is 9.38. The number of ether oxygens (including phenoxy) is 3. The molecule has 3 aliphatic carbocycles. The van der Waals surface area contributed by atoms with Crippen molar-refractivity contribution in [2.75, 3.05) is 6.61 Å². The monoisotopic (exact) mass is 474 g/mol. The second kappa shape index (κ2) is 8.41. The van der Waals surface area contributed by atoms with E-state index in [0.29, 0.717) is 11.5 Å². The molecule has 0 atom stereocenters. The van der Waals surface area contributed by atoms with Crippen molar-refractivity contribution in [3.05, 3.63) is 53.3 Å². The van der Waals surface area contributed by atoms with Crippen molar-refractivity contribution >= 4 is 23.4 Å². The van der Waals surface area contributed by atoms with Crippen molar-refractivity contribution in [3.63, 3.8) is 0 Å². The van der Waals surface area contributed by atoms with E-state index in [0.717, 1.165) is 44.6 Å². The molecule has 1 heterocycles. The van der Waals surface area contributed by atoms with Gasteiger partial charge in [0.1, 0.15) is 11.6 Å². The molecule has 33 heavy (non-hydrogen) atoms. The molecule has 9 heteroatoms. The van der Waals surface area contributed by atoms with E-state index in [4.69, 9.17) is 25.8 Å². The number of hydrogen-bond donors (Lipinski definition) is 2. The van der Waals surface area contributed by atoms with Crippen LogP contribution in [0.15, 0.2) is 42.5 Å². The van der Waals surface area contributed by atoms with Crippen LogP contribution in [0.3, 0.4) is 0 Å². The van der Waals surface area contributed by atoms with Crippen LogP contribution in [0.2, 0.25) is 5.02 Å². The third-order valence-electron chi connectivity index (χ3n) is 6.83. The lowest BCUT2D eigenvalue weighted by Crippen LogP contribution is -2.65. The smallest absolute Gasteiger partial charge is 0.321 e. The number of carbonyl (C=O) groups excluding carboxylic acids is 2. The SMILES string of the molecule is O=C(COc1ccc(Cl)c(F)c1)NC12CCC(NC(=O)C3Oc4ccccc4O3)(CC1)CC2. The Kier molecular flexibility index (Phi) is 5.56. The predicted molar refractivity (Wildman–Crippen MR) is 118 cm³/mol. The average Bonchev–Trinajstić information content (AvgIpc) is 3.26. The van der Waals surface area contributed by atoms with Crippen LogP contribution in [0.5, 0.6) is 17.2 Å². The molecule has 2 amide bonds. The maximum Gasteiger partial charge on any atom is 0.321 e. The van der Waals surface area contributed by atoms with Crippen LogP contribution in [0.4, 0.5) is 4.39 Å².